The van der Waals surface area contributed by atoms with Crippen LogP contribution in [0.15, 0.2) is 151 Å². The molecular formula is C52H62. The average molecular weight is 687 g/mol. The van der Waals surface area contributed by atoms with Gasteiger partial charge in [0.05, 0.1) is 0 Å². The summed E-state index contributed by atoms with van der Waals surface area (Å²) in [7, 11) is 0. The van der Waals surface area contributed by atoms with Crippen molar-refractivity contribution in [1.29, 1.82) is 0 Å². The van der Waals surface area contributed by atoms with Gasteiger partial charge in [0, 0.05) is 5.41 Å². The smallest absolute Gasteiger partial charge is 0.0117 e. The van der Waals surface area contributed by atoms with Crippen LogP contribution in [0.1, 0.15) is 100 Å². The van der Waals surface area contributed by atoms with Gasteiger partial charge in [0.1, 0.15) is 0 Å². The van der Waals surface area contributed by atoms with Crippen LogP contribution in [-0.2, 0) is 5.41 Å². The molecule has 0 heteroatoms. The molecule has 0 heterocycles. The zero-order valence-corrected chi connectivity index (χ0v) is 33.5. The van der Waals surface area contributed by atoms with Gasteiger partial charge in [0.2, 0.25) is 0 Å². The minimum atomic E-state index is 0.269. The Morgan fingerprint density at radius 3 is 1.62 bits per heavy atom. The number of hydrogen-bond donors (Lipinski definition) is 0. The van der Waals surface area contributed by atoms with Crippen LogP contribution in [0.2, 0.25) is 0 Å². The summed E-state index contributed by atoms with van der Waals surface area (Å²) >= 11 is 0. The summed E-state index contributed by atoms with van der Waals surface area (Å²) in [6.07, 6.45) is 15.0. The maximum atomic E-state index is 2.41. The van der Waals surface area contributed by atoms with E-state index in [1.165, 1.54) is 76.6 Å². The summed E-state index contributed by atoms with van der Waals surface area (Å²) in [5.74, 6) is 0.752. The van der Waals surface area contributed by atoms with E-state index in [9.17, 15) is 0 Å². The summed E-state index contributed by atoms with van der Waals surface area (Å²) in [5, 5.41) is 0. The molecule has 0 saturated carbocycles. The Kier molecular flexibility index (Phi) is 15.3. The molecule has 0 N–H and O–H groups in total. The predicted octanol–water partition coefficient (Wildman–Crippen LogP) is 15.4. The van der Waals surface area contributed by atoms with Crippen LogP contribution in [0, 0.1) is 33.6 Å². The Morgan fingerprint density at radius 2 is 1.08 bits per heavy atom. The maximum Gasteiger partial charge on any atom is 0.0117 e. The van der Waals surface area contributed by atoms with Crippen molar-refractivity contribution in [3.8, 4) is 22.3 Å². The molecule has 0 saturated heterocycles. The fraction of sp³-hybridized carbons (Fsp3) is 0.308. The van der Waals surface area contributed by atoms with Gasteiger partial charge >= 0.3 is 0 Å². The normalized spacial score (nSPS) is 15.9. The van der Waals surface area contributed by atoms with Gasteiger partial charge in [0.25, 0.3) is 0 Å². The molecule has 0 spiro atoms. The van der Waals surface area contributed by atoms with E-state index in [-0.39, 0.29) is 5.41 Å². The minimum Gasteiger partial charge on any atom is -0.0842 e. The molecule has 0 nitrogen and oxygen atoms in total. The Bertz CT molecular complexity index is 1880. The summed E-state index contributed by atoms with van der Waals surface area (Å²) in [4.78, 5) is 0. The summed E-state index contributed by atoms with van der Waals surface area (Å²) < 4.78 is 0. The topological polar surface area (TPSA) is 0 Å². The monoisotopic (exact) mass is 686 g/mol. The zero-order valence-electron chi connectivity index (χ0n) is 33.5. The third kappa shape index (κ3) is 10.7. The molecule has 52 heavy (non-hydrogen) atoms. The number of rotatable bonds is 2. The van der Waals surface area contributed by atoms with Crippen LogP contribution in [0.5, 0.6) is 0 Å². The van der Waals surface area contributed by atoms with E-state index in [0.717, 1.165) is 5.92 Å². The lowest BCUT2D eigenvalue weighted by atomic mass is 9.75. The lowest BCUT2D eigenvalue weighted by molar-refractivity contribution is 0.530. The molecule has 0 amide bonds. The highest BCUT2D eigenvalue weighted by Gasteiger charge is 2.40. The van der Waals surface area contributed by atoms with Crippen molar-refractivity contribution in [3.05, 3.63) is 185 Å². The lowest BCUT2D eigenvalue weighted by Gasteiger charge is -2.29. The van der Waals surface area contributed by atoms with Crippen molar-refractivity contribution in [2.75, 3.05) is 0 Å². The molecule has 0 radical (unpaired) electrons. The van der Waals surface area contributed by atoms with E-state index in [2.05, 4.69) is 194 Å². The van der Waals surface area contributed by atoms with Crippen molar-refractivity contribution >= 4 is 5.57 Å². The van der Waals surface area contributed by atoms with Crippen molar-refractivity contribution in [1.82, 2.24) is 0 Å². The molecule has 5 aromatic carbocycles. The van der Waals surface area contributed by atoms with Crippen molar-refractivity contribution < 1.29 is 0 Å². The number of benzene rings is 5. The van der Waals surface area contributed by atoms with Gasteiger partial charge in [-0.25, -0.2) is 0 Å². The Morgan fingerprint density at radius 1 is 0.538 bits per heavy atom. The number of allylic oxidation sites excluding steroid dienone is 6. The Labute approximate surface area is 317 Å². The van der Waals surface area contributed by atoms with E-state index in [4.69, 9.17) is 0 Å². The average Bonchev–Trinajstić information content (AvgIpc) is 3.42. The van der Waals surface area contributed by atoms with Crippen LogP contribution >= 0.6 is 0 Å². The molecule has 0 fully saturated rings. The Hall–Kier alpha value is -4.68. The second-order valence-electron chi connectivity index (χ2n) is 14.7. The molecular weight excluding hydrogens is 625 g/mol. The third-order valence-corrected chi connectivity index (χ3v) is 10.3. The van der Waals surface area contributed by atoms with Crippen LogP contribution in [-0.4, -0.2) is 0 Å². The number of hydrogen-bond acceptors (Lipinski definition) is 0. The van der Waals surface area contributed by atoms with E-state index in [1.807, 2.05) is 13.8 Å². The first-order valence-electron chi connectivity index (χ1n) is 19.6. The van der Waals surface area contributed by atoms with E-state index >= 15 is 0 Å². The van der Waals surface area contributed by atoms with Gasteiger partial charge in [-0.2, -0.15) is 0 Å². The summed E-state index contributed by atoms with van der Waals surface area (Å²) in [5.41, 5.74) is 17.3. The van der Waals surface area contributed by atoms with Gasteiger partial charge in [-0.05, 0) is 116 Å². The number of aryl methyl sites for hydroxylation is 4. The highest BCUT2D eigenvalue weighted by molar-refractivity contribution is 5.82. The largest absolute Gasteiger partial charge is 0.0842 e. The molecule has 0 bridgehead atoms. The summed E-state index contributed by atoms with van der Waals surface area (Å²) in [6.45, 7) is 19.8. The third-order valence-electron chi connectivity index (χ3n) is 10.3. The van der Waals surface area contributed by atoms with Gasteiger partial charge in [0.15, 0.2) is 0 Å². The lowest BCUT2D eigenvalue weighted by Crippen LogP contribution is -2.19. The van der Waals surface area contributed by atoms with Gasteiger partial charge in [-0.15, -0.1) is 0 Å². The van der Waals surface area contributed by atoms with Gasteiger partial charge < -0.3 is 0 Å². The van der Waals surface area contributed by atoms with Crippen LogP contribution in [0.4, 0.5) is 0 Å². The van der Waals surface area contributed by atoms with Crippen molar-refractivity contribution in [2.24, 2.45) is 5.92 Å². The molecule has 3 aliphatic carbocycles. The molecule has 3 aliphatic rings. The molecule has 270 valence electrons. The SMILES string of the molecule is C1=CCCC=C1.CC.Cc1ccc(-c2ccccc2)cc1-c1ccccc1.Cc1ccc(C)cc1.Cc1ccc2c(c1)C(C)(C)C1=C2C(C)CCC1. The first-order chi connectivity index (χ1) is 25.1. The maximum absolute atomic E-state index is 2.41. The fourth-order valence-corrected chi connectivity index (χ4v) is 7.35. The van der Waals surface area contributed by atoms with Crippen molar-refractivity contribution in [2.45, 2.75) is 99.8 Å². The minimum absolute atomic E-state index is 0.269. The molecule has 0 aliphatic heterocycles. The zero-order chi connectivity index (χ0) is 37.5. The molecule has 1 atom stereocenters. The predicted molar refractivity (Wildman–Crippen MR) is 231 cm³/mol. The first-order valence-corrected chi connectivity index (χ1v) is 19.6. The van der Waals surface area contributed by atoms with E-state index in [0.29, 0.717) is 0 Å². The molecule has 5 aromatic rings. The van der Waals surface area contributed by atoms with Crippen LogP contribution in [0.3, 0.4) is 0 Å². The van der Waals surface area contributed by atoms with Gasteiger partial charge in [-0.1, -0.05) is 196 Å². The highest BCUT2D eigenvalue weighted by Crippen LogP contribution is 2.53. The highest BCUT2D eigenvalue weighted by atomic mass is 14.4. The van der Waals surface area contributed by atoms with Crippen molar-refractivity contribution in [3.63, 3.8) is 0 Å². The van der Waals surface area contributed by atoms with E-state index < -0.39 is 0 Å². The second-order valence-corrected chi connectivity index (χ2v) is 14.7. The molecule has 0 aromatic heterocycles. The molecule has 8 rings (SSSR count). The molecule has 1 unspecified atom stereocenters. The standard InChI is InChI=1S/C19H16.C17H22.C8H10.C6H8.C2H6/c1-15-12-13-18(16-8-4-2-5-9-16)14-19(15)17-10-6-3-7-11-17;1-11-8-9-13-15(10-11)17(3,4)14-7-5-6-12(2)16(13)14;1-7-3-5-8(2)6-4-7;1-2-4-6-5-3-1;1-2/h2-14H,1H3;8-10,12H,5-7H2,1-4H3;3-6H,1-2H3;1-4H,5-6H2;1-2H3. The van der Waals surface area contributed by atoms with Crippen LogP contribution < -0.4 is 0 Å². The fourth-order valence-electron chi connectivity index (χ4n) is 7.35. The van der Waals surface area contributed by atoms with Crippen LogP contribution in [0.25, 0.3) is 27.8 Å². The first kappa shape index (κ1) is 40.1. The quantitative estimate of drug-likeness (QED) is 0.173. The summed E-state index contributed by atoms with van der Waals surface area (Å²) in [6, 6.07) is 43.3. The Balaban J connectivity index is 0.000000166. The number of fused-ring (bicyclic) bond motifs is 2. The second kappa shape index (κ2) is 19.8. The van der Waals surface area contributed by atoms with E-state index in [1.54, 1.807) is 22.3 Å². The van der Waals surface area contributed by atoms with Gasteiger partial charge in [-0.3, -0.25) is 0 Å².